The Morgan fingerprint density at radius 3 is 1.93 bits per heavy atom. The summed E-state index contributed by atoms with van der Waals surface area (Å²) in [7, 11) is -3.80. The van der Waals surface area contributed by atoms with Crippen molar-refractivity contribution in [2.45, 2.75) is 170 Å². The highest BCUT2D eigenvalue weighted by Crippen LogP contribution is 2.56. The zero-order valence-electron chi connectivity index (χ0n) is 31.3. The third-order valence-electron chi connectivity index (χ3n) is 11.8. The third kappa shape index (κ3) is 8.69. The average molecular weight is 645 g/mol. The molecule has 0 aromatic rings. The number of fused-ring (bicyclic) bond motifs is 1. The minimum absolute atomic E-state index is 0.111. The molecule has 0 aromatic heterocycles. The highest BCUT2D eigenvalue weighted by Gasteiger charge is 2.47. The fourth-order valence-electron chi connectivity index (χ4n) is 6.98. The molecule has 0 spiro atoms. The molecule has 0 radical (unpaired) electrons. The van der Waals surface area contributed by atoms with Crippen molar-refractivity contribution < 1.29 is 18.4 Å². The molecule has 2 saturated carbocycles. The van der Waals surface area contributed by atoms with E-state index in [-0.39, 0.29) is 39.6 Å². The molecule has 3 aliphatic carbocycles. The molecule has 1 unspecified atom stereocenters. The van der Waals surface area contributed by atoms with Gasteiger partial charge in [0.1, 0.15) is 0 Å². The van der Waals surface area contributed by atoms with Crippen LogP contribution in [-0.4, -0.2) is 41.4 Å². The van der Waals surface area contributed by atoms with Crippen LogP contribution in [0.15, 0.2) is 34.9 Å². The van der Waals surface area contributed by atoms with Crippen LogP contribution in [0.4, 0.5) is 0 Å². The van der Waals surface area contributed by atoms with E-state index in [1.54, 1.807) is 5.57 Å². The number of esters is 1. The first-order valence-electron chi connectivity index (χ1n) is 17.5. The lowest BCUT2D eigenvalue weighted by molar-refractivity contribution is -0.153. The van der Waals surface area contributed by atoms with Crippen LogP contribution in [0.25, 0.3) is 0 Å². The highest BCUT2D eigenvalue weighted by atomic mass is 28.4. The van der Waals surface area contributed by atoms with Gasteiger partial charge in [-0.15, -0.1) is 0 Å². The van der Waals surface area contributed by atoms with Crippen molar-refractivity contribution in [3.05, 3.63) is 34.9 Å². The third-order valence-corrected chi connectivity index (χ3v) is 20.9. The van der Waals surface area contributed by atoms with E-state index in [2.05, 4.69) is 99.8 Å². The van der Waals surface area contributed by atoms with Crippen LogP contribution in [0, 0.1) is 22.7 Å². The van der Waals surface area contributed by atoms with Crippen molar-refractivity contribution in [1.82, 2.24) is 0 Å². The Labute approximate surface area is 274 Å². The zero-order chi connectivity index (χ0) is 33.5. The molecule has 0 bridgehead atoms. The van der Waals surface area contributed by atoms with E-state index in [0.717, 1.165) is 25.7 Å². The predicted molar refractivity (Wildman–Crippen MR) is 192 cm³/mol. The summed E-state index contributed by atoms with van der Waals surface area (Å²) >= 11 is 0. The lowest BCUT2D eigenvalue weighted by Crippen LogP contribution is -2.48. The van der Waals surface area contributed by atoms with Crippen LogP contribution in [0.5, 0.6) is 0 Å². The van der Waals surface area contributed by atoms with Gasteiger partial charge in [-0.05, 0) is 113 Å². The van der Waals surface area contributed by atoms with Gasteiger partial charge < -0.3 is 13.6 Å². The summed E-state index contributed by atoms with van der Waals surface area (Å²) in [5.74, 6) is 0.666. The standard InChI is InChI=1S/C38H68O4Si2/c1-27(26-40-34(39)35(2,3)4)32-20-21-33-29(17-16-22-38(32,33)11)19-18-28-23-30(41-43(12,13)36(5,6)7)25-31(24-28)42-44(14,15)37(8,9)10/h18-20,27,30-31,33H,16-17,21-26H2,1-15H3/t27-,30+,31+,33?,38+/m0/s1. The summed E-state index contributed by atoms with van der Waals surface area (Å²) in [6, 6.07) is 0. The van der Waals surface area contributed by atoms with Crippen molar-refractivity contribution in [2.24, 2.45) is 22.7 Å². The number of carbonyl (C=O) groups excluding carboxylic acids is 1. The molecule has 252 valence electrons. The minimum Gasteiger partial charge on any atom is -0.465 e. The molecule has 3 rings (SSSR count). The maximum Gasteiger partial charge on any atom is 0.311 e. The molecule has 3 aliphatic rings. The van der Waals surface area contributed by atoms with E-state index in [4.69, 9.17) is 13.6 Å². The number of hydrogen-bond donors (Lipinski definition) is 0. The molecule has 0 saturated heterocycles. The maximum absolute atomic E-state index is 12.5. The number of allylic oxidation sites excluding steroid dienone is 4. The summed E-state index contributed by atoms with van der Waals surface area (Å²) in [6.07, 6.45) is 15.5. The first-order valence-corrected chi connectivity index (χ1v) is 23.3. The van der Waals surface area contributed by atoms with Gasteiger partial charge in [-0.1, -0.05) is 90.3 Å². The Morgan fingerprint density at radius 1 is 0.932 bits per heavy atom. The van der Waals surface area contributed by atoms with Crippen molar-refractivity contribution in [3.63, 3.8) is 0 Å². The first-order chi connectivity index (χ1) is 19.9. The quantitative estimate of drug-likeness (QED) is 0.150. The van der Waals surface area contributed by atoms with Crippen LogP contribution in [0.3, 0.4) is 0 Å². The molecule has 5 atom stereocenters. The van der Waals surface area contributed by atoms with Crippen molar-refractivity contribution in [2.75, 3.05) is 6.61 Å². The van der Waals surface area contributed by atoms with Crippen LogP contribution in [0.2, 0.25) is 36.3 Å². The van der Waals surface area contributed by atoms with Gasteiger partial charge in [-0.2, -0.15) is 0 Å². The second kappa shape index (κ2) is 13.3. The smallest absolute Gasteiger partial charge is 0.311 e. The Balaban J connectivity index is 1.82. The monoisotopic (exact) mass is 644 g/mol. The van der Waals surface area contributed by atoms with Gasteiger partial charge in [-0.25, -0.2) is 0 Å². The SMILES string of the molecule is C[C@@H](COC(=O)C(C)(C)C)C1=CCC2C(=CC=C3C[C@@H](O[Si](C)(C)C(C)(C)C)C[C@H](O[Si](C)(C)C(C)(C)C)C3)CCC[C@]12C. The van der Waals surface area contributed by atoms with Crippen molar-refractivity contribution >= 4 is 22.6 Å². The Kier molecular flexibility index (Phi) is 11.3. The minimum atomic E-state index is -1.90. The predicted octanol–water partition coefficient (Wildman–Crippen LogP) is 11.2. The fourth-order valence-corrected chi connectivity index (χ4v) is 9.71. The largest absolute Gasteiger partial charge is 0.465 e. The topological polar surface area (TPSA) is 44.8 Å². The van der Waals surface area contributed by atoms with E-state index in [9.17, 15) is 4.79 Å². The molecule has 0 aromatic carbocycles. The summed E-state index contributed by atoms with van der Waals surface area (Å²) in [6.45, 7) is 34.5. The number of rotatable bonds is 8. The van der Waals surface area contributed by atoms with Gasteiger partial charge in [0.25, 0.3) is 0 Å². The Morgan fingerprint density at radius 2 is 1.45 bits per heavy atom. The van der Waals surface area contributed by atoms with Crippen molar-refractivity contribution in [1.29, 1.82) is 0 Å². The van der Waals surface area contributed by atoms with Crippen LogP contribution >= 0.6 is 0 Å². The fraction of sp³-hybridized carbons (Fsp3) is 0.816. The van der Waals surface area contributed by atoms with E-state index < -0.39 is 22.0 Å². The van der Waals surface area contributed by atoms with Gasteiger partial charge in [-0.3, -0.25) is 4.79 Å². The number of ether oxygens (including phenoxy) is 1. The molecule has 2 fully saturated rings. The Hall–Kier alpha value is -0.956. The number of hydrogen-bond acceptors (Lipinski definition) is 4. The zero-order valence-corrected chi connectivity index (χ0v) is 33.3. The molecule has 0 aliphatic heterocycles. The van der Waals surface area contributed by atoms with Gasteiger partial charge in [0.15, 0.2) is 16.6 Å². The molecule has 6 heteroatoms. The molecular weight excluding hydrogens is 577 g/mol. The first kappa shape index (κ1) is 37.5. The molecular formula is C38H68O4Si2. The second-order valence-electron chi connectivity index (χ2n) is 18.7. The van der Waals surface area contributed by atoms with Gasteiger partial charge >= 0.3 is 5.97 Å². The van der Waals surface area contributed by atoms with Crippen LogP contribution in [-0.2, 0) is 18.4 Å². The van der Waals surface area contributed by atoms with E-state index in [0.29, 0.717) is 12.5 Å². The number of carbonyl (C=O) groups is 1. The Bertz CT molecular complexity index is 1090. The molecule has 4 nitrogen and oxygen atoms in total. The molecule has 44 heavy (non-hydrogen) atoms. The van der Waals surface area contributed by atoms with Gasteiger partial charge in [0.05, 0.1) is 24.2 Å². The summed E-state index contributed by atoms with van der Waals surface area (Å²) in [4.78, 5) is 12.5. The average Bonchev–Trinajstić information content (AvgIpc) is 3.20. The van der Waals surface area contributed by atoms with Gasteiger partial charge in [0.2, 0.25) is 0 Å². The highest BCUT2D eigenvalue weighted by molar-refractivity contribution is 6.74. The lowest BCUT2D eigenvalue weighted by Gasteiger charge is -2.45. The summed E-state index contributed by atoms with van der Waals surface area (Å²) in [5.41, 5.74) is 4.24. The van der Waals surface area contributed by atoms with Crippen molar-refractivity contribution in [3.8, 4) is 0 Å². The normalized spacial score (nSPS) is 28.9. The summed E-state index contributed by atoms with van der Waals surface area (Å²) in [5, 5.41) is 0.377. The second-order valence-corrected chi connectivity index (χ2v) is 28.2. The van der Waals surface area contributed by atoms with E-state index >= 15 is 0 Å². The maximum atomic E-state index is 12.5. The molecule has 0 N–H and O–H groups in total. The molecule has 0 amide bonds. The van der Waals surface area contributed by atoms with Crippen LogP contribution < -0.4 is 0 Å². The molecule has 0 heterocycles. The van der Waals surface area contributed by atoms with Crippen LogP contribution in [0.1, 0.15) is 121 Å². The lowest BCUT2D eigenvalue weighted by atomic mass is 9.62. The van der Waals surface area contributed by atoms with Gasteiger partial charge in [0, 0.05) is 5.92 Å². The van der Waals surface area contributed by atoms with E-state index in [1.165, 1.54) is 30.4 Å². The summed E-state index contributed by atoms with van der Waals surface area (Å²) < 4.78 is 19.9. The van der Waals surface area contributed by atoms with E-state index in [1.807, 2.05) is 20.8 Å².